The lowest BCUT2D eigenvalue weighted by Gasteiger charge is -2.16. The van der Waals surface area contributed by atoms with Crippen molar-refractivity contribution < 1.29 is 27.8 Å². The Labute approximate surface area is 147 Å². The Morgan fingerprint density at radius 1 is 1.12 bits per heavy atom. The second kappa shape index (κ2) is 7.83. The molecule has 0 aliphatic rings. The van der Waals surface area contributed by atoms with E-state index < -0.39 is 12.4 Å². The fraction of sp³-hybridized carbons (Fsp3) is 0.200. The molecule has 0 saturated carbocycles. The first-order valence-corrected chi connectivity index (χ1v) is 6.76. The van der Waals surface area contributed by atoms with Crippen molar-refractivity contribution >= 4 is 24.0 Å². The van der Waals surface area contributed by atoms with Gasteiger partial charge in [-0.05, 0) is 35.4 Å². The molecule has 4 nitrogen and oxygen atoms in total. The summed E-state index contributed by atoms with van der Waals surface area (Å²) >= 11 is 5.90. The Morgan fingerprint density at radius 3 is 2.21 bits per heavy atom. The zero-order chi connectivity index (χ0) is 17.2. The molecule has 0 unspecified atom stereocenters. The molecule has 24 heavy (non-hydrogen) atoms. The van der Waals surface area contributed by atoms with E-state index in [0.29, 0.717) is 11.1 Å². The van der Waals surface area contributed by atoms with Gasteiger partial charge in [0.1, 0.15) is 5.75 Å². The van der Waals surface area contributed by atoms with E-state index in [-0.39, 0.29) is 34.7 Å². The first-order valence-electron chi connectivity index (χ1n) is 6.39. The van der Waals surface area contributed by atoms with Crippen molar-refractivity contribution in [3.05, 3.63) is 52.5 Å². The van der Waals surface area contributed by atoms with E-state index in [1.807, 2.05) is 0 Å². The predicted molar refractivity (Wildman–Crippen MR) is 86.1 cm³/mol. The van der Waals surface area contributed by atoms with E-state index >= 15 is 0 Å². The van der Waals surface area contributed by atoms with Crippen molar-refractivity contribution in [3.63, 3.8) is 0 Å². The molecule has 0 bridgehead atoms. The Kier molecular flexibility index (Phi) is 6.59. The van der Waals surface area contributed by atoms with Gasteiger partial charge in [0.05, 0.1) is 18.2 Å². The van der Waals surface area contributed by atoms with Crippen LogP contribution in [0.15, 0.2) is 36.4 Å². The van der Waals surface area contributed by atoms with Crippen molar-refractivity contribution in [3.8, 4) is 17.2 Å². The van der Waals surface area contributed by atoms with Crippen LogP contribution >= 0.6 is 24.0 Å². The van der Waals surface area contributed by atoms with E-state index in [0.717, 1.165) is 0 Å². The number of halogens is 5. The van der Waals surface area contributed by atoms with Crippen LogP contribution in [0, 0.1) is 0 Å². The summed E-state index contributed by atoms with van der Waals surface area (Å²) in [5.41, 5.74) is 7.16. The number of aromatic hydroxyl groups is 1. The quantitative estimate of drug-likeness (QED) is 0.819. The molecule has 132 valence electrons. The second-order valence-corrected chi connectivity index (χ2v) is 5.06. The number of hydrogen-bond donors (Lipinski definition) is 2. The molecule has 2 aromatic rings. The highest BCUT2D eigenvalue weighted by atomic mass is 35.5. The summed E-state index contributed by atoms with van der Waals surface area (Å²) in [7, 11) is 1.37. The standard InChI is InChI=1S/C15H13ClF3NO3.ClH/c1-22-12-7-9(6-11(16)14(12)21)13(20)8-2-4-10(5-3-8)23-15(17,18)19;/h2-7,13,21H,20H2,1H3;1H/t13-;/m0./s1. The summed E-state index contributed by atoms with van der Waals surface area (Å²) in [6.07, 6.45) is -4.75. The molecule has 0 amide bonds. The smallest absolute Gasteiger partial charge is 0.503 e. The number of nitrogens with two attached hydrogens (primary N) is 1. The normalized spacial score (nSPS) is 12.2. The number of rotatable bonds is 4. The third kappa shape index (κ3) is 4.83. The van der Waals surface area contributed by atoms with Gasteiger partial charge in [-0.1, -0.05) is 23.7 Å². The summed E-state index contributed by atoms with van der Waals surface area (Å²) in [4.78, 5) is 0. The zero-order valence-corrected chi connectivity index (χ0v) is 13.9. The van der Waals surface area contributed by atoms with Crippen molar-refractivity contribution in [1.82, 2.24) is 0 Å². The Morgan fingerprint density at radius 2 is 1.71 bits per heavy atom. The van der Waals surface area contributed by atoms with Gasteiger partial charge in [0.25, 0.3) is 0 Å². The van der Waals surface area contributed by atoms with Gasteiger partial charge in [-0.3, -0.25) is 0 Å². The van der Waals surface area contributed by atoms with Crippen LogP contribution < -0.4 is 15.2 Å². The molecule has 0 radical (unpaired) electrons. The van der Waals surface area contributed by atoms with Gasteiger partial charge >= 0.3 is 6.36 Å². The SMILES string of the molecule is COc1cc([C@@H](N)c2ccc(OC(F)(F)F)cc2)cc(Cl)c1O.Cl. The van der Waals surface area contributed by atoms with Crippen molar-refractivity contribution in [2.75, 3.05) is 7.11 Å². The number of alkyl halides is 3. The summed E-state index contributed by atoms with van der Waals surface area (Å²) in [5.74, 6) is -0.395. The van der Waals surface area contributed by atoms with Crippen LogP contribution in [0.1, 0.15) is 17.2 Å². The van der Waals surface area contributed by atoms with Gasteiger partial charge in [0.2, 0.25) is 0 Å². The van der Waals surface area contributed by atoms with E-state index in [1.54, 1.807) is 0 Å². The highest BCUT2D eigenvalue weighted by Gasteiger charge is 2.31. The number of phenols is 1. The molecule has 2 rings (SSSR count). The number of hydrogen-bond acceptors (Lipinski definition) is 4. The van der Waals surface area contributed by atoms with Crippen molar-refractivity contribution in [1.29, 1.82) is 0 Å². The van der Waals surface area contributed by atoms with Crippen LogP contribution in [-0.2, 0) is 0 Å². The van der Waals surface area contributed by atoms with E-state index in [4.69, 9.17) is 22.1 Å². The molecule has 0 aliphatic carbocycles. The first-order chi connectivity index (χ1) is 10.7. The van der Waals surface area contributed by atoms with Crippen LogP contribution in [0.2, 0.25) is 5.02 Å². The molecular weight excluding hydrogens is 370 g/mol. The maximum atomic E-state index is 12.1. The predicted octanol–water partition coefficient (Wildman–Crippen LogP) is 4.42. The van der Waals surface area contributed by atoms with E-state index in [1.165, 1.54) is 43.5 Å². The van der Waals surface area contributed by atoms with Crippen LogP contribution in [0.3, 0.4) is 0 Å². The number of phenolic OH excluding ortho intramolecular Hbond substituents is 1. The average molecular weight is 384 g/mol. The van der Waals surface area contributed by atoms with Crippen LogP contribution in [0.25, 0.3) is 0 Å². The van der Waals surface area contributed by atoms with Gasteiger partial charge < -0.3 is 20.3 Å². The van der Waals surface area contributed by atoms with Crippen LogP contribution in [0.4, 0.5) is 13.2 Å². The average Bonchev–Trinajstić information content (AvgIpc) is 2.48. The van der Waals surface area contributed by atoms with Gasteiger partial charge in [-0.25, -0.2) is 0 Å². The van der Waals surface area contributed by atoms with Gasteiger partial charge in [-0.15, -0.1) is 25.6 Å². The molecule has 9 heteroatoms. The largest absolute Gasteiger partial charge is 0.573 e. The third-order valence-corrected chi connectivity index (χ3v) is 3.39. The van der Waals surface area contributed by atoms with Crippen molar-refractivity contribution in [2.45, 2.75) is 12.4 Å². The number of benzene rings is 2. The first kappa shape index (κ1) is 20.2. The molecule has 0 fully saturated rings. The van der Waals surface area contributed by atoms with Crippen LogP contribution in [0.5, 0.6) is 17.2 Å². The Bertz CT molecular complexity index is 694. The zero-order valence-electron chi connectivity index (χ0n) is 12.3. The van der Waals surface area contributed by atoms with E-state index in [9.17, 15) is 18.3 Å². The second-order valence-electron chi connectivity index (χ2n) is 4.65. The Hall–Kier alpha value is -1.83. The summed E-state index contributed by atoms with van der Waals surface area (Å²) < 4.78 is 45.2. The minimum Gasteiger partial charge on any atom is -0.503 e. The minimum atomic E-state index is -4.75. The molecule has 0 aromatic heterocycles. The minimum absolute atomic E-state index is 0. The highest BCUT2D eigenvalue weighted by Crippen LogP contribution is 2.37. The van der Waals surface area contributed by atoms with Crippen LogP contribution in [-0.4, -0.2) is 18.6 Å². The number of ether oxygens (including phenoxy) is 2. The molecule has 3 N–H and O–H groups in total. The highest BCUT2D eigenvalue weighted by molar-refractivity contribution is 6.32. The fourth-order valence-corrected chi connectivity index (χ4v) is 2.22. The maximum absolute atomic E-state index is 12.1. The van der Waals surface area contributed by atoms with Gasteiger partial charge in [0, 0.05) is 0 Å². The molecule has 0 spiro atoms. The molecule has 0 saturated heterocycles. The molecule has 1 atom stereocenters. The lowest BCUT2D eigenvalue weighted by atomic mass is 9.99. The lowest BCUT2D eigenvalue weighted by Crippen LogP contribution is -2.17. The van der Waals surface area contributed by atoms with Gasteiger partial charge in [0.15, 0.2) is 11.5 Å². The van der Waals surface area contributed by atoms with Gasteiger partial charge in [-0.2, -0.15) is 0 Å². The fourth-order valence-electron chi connectivity index (χ4n) is 2.00. The molecule has 0 aliphatic heterocycles. The Balaban J connectivity index is 0.00000288. The maximum Gasteiger partial charge on any atom is 0.573 e. The molecule has 0 heterocycles. The summed E-state index contributed by atoms with van der Waals surface area (Å²) in [6, 6.07) is 7.47. The third-order valence-electron chi connectivity index (χ3n) is 3.10. The number of methoxy groups -OCH3 is 1. The molecule has 2 aromatic carbocycles. The summed E-state index contributed by atoms with van der Waals surface area (Å²) in [6.45, 7) is 0. The van der Waals surface area contributed by atoms with Crippen molar-refractivity contribution in [2.24, 2.45) is 5.73 Å². The van der Waals surface area contributed by atoms with E-state index in [2.05, 4.69) is 4.74 Å². The topological polar surface area (TPSA) is 64.7 Å². The summed E-state index contributed by atoms with van der Waals surface area (Å²) in [5, 5.41) is 9.76. The monoisotopic (exact) mass is 383 g/mol. The lowest BCUT2D eigenvalue weighted by molar-refractivity contribution is -0.274. The molecular formula is C15H14Cl2F3NO3.